The fourth-order valence-corrected chi connectivity index (χ4v) is 2.56. The van der Waals surface area contributed by atoms with E-state index in [1.54, 1.807) is 19.1 Å². The quantitative estimate of drug-likeness (QED) is 0.446. The van der Waals surface area contributed by atoms with E-state index in [0.29, 0.717) is 23.0 Å². The van der Waals surface area contributed by atoms with E-state index in [4.69, 9.17) is 0 Å². The van der Waals surface area contributed by atoms with Gasteiger partial charge in [0.15, 0.2) is 5.16 Å². The third-order valence-corrected chi connectivity index (χ3v) is 3.91. The number of amides is 1. The Bertz CT molecular complexity index is 713. The second-order valence-corrected chi connectivity index (χ2v) is 6.02. The summed E-state index contributed by atoms with van der Waals surface area (Å²) in [6, 6.07) is 7.67. The molecule has 1 aromatic heterocycles. The van der Waals surface area contributed by atoms with Gasteiger partial charge in [-0.1, -0.05) is 18.7 Å². The lowest BCUT2D eigenvalue weighted by atomic mass is 10.3. The van der Waals surface area contributed by atoms with Crippen LogP contribution in [0.1, 0.15) is 19.5 Å². The van der Waals surface area contributed by atoms with Crippen LogP contribution in [-0.2, 0) is 11.2 Å². The van der Waals surface area contributed by atoms with Crippen molar-refractivity contribution in [1.82, 2.24) is 9.97 Å². The molecule has 116 valence electrons. The van der Waals surface area contributed by atoms with E-state index in [9.17, 15) is 14.7 Å². The molecule has 1 atom stereocenters. The van der Waals surface area contributed by atoms with Crippen LogP contribution in [-0.4, -0.2) is 26.2 Å². The Balaban J connectivity index is 2.03. The van der Waals surface area contributed by atoms with Crippen LogP contribution in [0, 0.1) is 0 Å². The molecule has 0 fully saturated rings. The first-order chi connectivity index (χ1) is 10.5. The number of hydrogen-bond acceptors (Lipinski definition) is 5. The van der Waals surface area contributed by atoms with Gasteiger partial charge >= 0.3 is 0 Å². The lowest BCUT2D eigenvalue weighted by Crippen LogP contribution is -2.23. The number of aromatic nitrogens is 2. The number of nitrogens with one attached hydrogen (secondary N) is 2. The van der Waals surface area contributed by atoms with Gasteiger partial charge in [0.1, 0.15) is 5.75 Å². The van der Waals surface area contributed by atoms with Gasteiger partial charge in [-0.15, -0.1) is 0 Å². The molecule has 0 bridgehead atoms. The Morgan fingerprint density at radius 3 is 2.73 bits per heavy atom. The Kier molecular flexibility index (Phi) is 5.21. The number of carbonyl (C=O) groups excluding carboxylic acids is 1. The van der Waals surface area contributed by atoms with Gasteiger partial charge in [-0.25, -0.2) is 4.98 Å². The van der Waals surface area contributed by atoms with Crippen molar-refractivity contribution in [3.63, 3.8) is 0 Å². The van der Waals surface area contributed by atoms with Gasteiger partial charge in [0.05, 0.1) is 5.25 Å². The zero-order valence-corrected chi connectivity index (χ0v) is 13.1. The number of hydrogen-bond donors (Lipinski definition) is 3. The van der Waals surface area contributed by atoms with Crippen LogP contribution in [0.5, 0.6) is 5.75 Å². The number of carbonyl (C=O) groups is 1. The molecule has 0 saturated heterocycles. The summed E-state index contributed by atoms with van der Waals surface area (Å²) in [4.78, 5) is 30.5. The van der Waals surface area contributed by atoms with Crippen molar-refractivity contribution in [3.8, 4) is 5.75 Å². The van der Waals surface area contributed by atoms with Crippen LogP contribution < -0.4 is 10.9 Å². The molecule has 1 heterocycles. The van der Waals surface area contributed by atoms with Crippen molar-refractivity contribution < 1.29 is 9.90 Å². The minimum atomic E-state index is -0.427. The van der Waals surface area contributed by atoms with E-state index < -0.39 is 5.25 Å². The summed E-state index contributed by atoms with van der Waals surface area (Å²) in [6.45, 7) is 3.65. The van der Waals surface area contributed by atoms with E-state index in [-0.39, 0.29) is 17.2 Å². The summed E-state index contributed by atoms with van der Waals surface area (Å²) in [7, 11) is 0. The summed E-state index contributed by atoms with van der Waals surface area (Å²) in [5, 5.41) is 12.0. The Hall–Kier alpha value is -2.28. The van der Waals surface area contributed by atoms with Gasteiger partial charge < -0.3 is 15.4 Å². The first-order valence-electron chi connectivity index (χ1n) is 6.84. The van der Waals surface area contributed by atoms with Crippen LogP contribution in [0.3, 0.4) is 0 Å². The smallest absolute Gasteiger partial charge is 0.251 e. The average Bonchev–Trinajstić information content (AvgIpc) is 2.48. The minimum Gasteiger partial charge on any atom is -0.508 e. The van der Waals surface area contributed by atoms with Crippen LogP contribution in [0.4, 0.5) is 5.69 Å². The Morgan fingerprint density at radius 2 is 2.09 bits per heavy atom. The molecule has 1 unspecified atom stereocenters. The second kappa shape index (κ2) is 7.13. The van der Waals surface area contributed by atoms with E-state index in [2.05, 4.69) is 15.3 Å². The third kappa shape index (κ3) is 4.36. The molecule has 0 radical (unpaired) electrons. The highest BCUT2D eigenvalue weighted by Crippen LogP contribution is 2.21. The minimum absolute atomic E-state index is 0.138. The zero-order chi connectivity index (χ0) is 16.1. The molecule has 0 aliphatic heterocycles. The van der Waals surface area contributed by atoms with E-state index in [1.165, 1.54) is 30.0 Å². The molecule has 7 heteroatoms. The van der Waals surface area contributed by atoms with Crippen molar-refractivity contribution in [2.75, 3.05) is 5.32 Å². The van der Waals surface area contributed by atoms with Gasteiger partial charge in [-0.05, 0) is 37.6 Å². The molecular weight excluding hydrogens is 302 g/mol. The van der Waals surface area contributed by atoms with Gasteiger partial charge in [-0.2, -0.15) is 0 Å². The monoisotopic (exact) mass is 319 g/mol. The number of anilines is 1. The van der Waals surface area contributed by atoms with Crippen LogP contribution in [0.2, 0.25) is 0 Å². The van der Waals surface area contributed by atoms with Crippen molar-refractivity contribution in [2.45, 2.75) is 30.7 Å². The molecule has 1 amide bonds. The predicted octanol–water partition coefficient (Wildman–Crippen LogP) is 2.16. The van der Waals surface area contributed by atoms with Crippen molar-refractivity contribution in [2.24, 2.45) is 0 Å². The highest BCUT2D eigenvalue weighted by Gasteiger charge is 2.16. The number of thioether (sulfide) groups is 1. The highest BCUT2D eigenvalue weighted by atomic mass is 32.2. The normalized spacial score (nSPS) is 11.9. The molecular formula is C15H17N3O3S. The molecule has 22 heavy (non-hydrogen) atoms. The number of nitrogens with zero attached hydrogens (tertiary/aromatic N) is 1. The van der Waals surface area contributed by atoms with Crippen molar-refractivity contribution in [1.29, 1.82) is 0 Å². The Morgan fingerprint density at radius 1 is 1.41 bits per heavy atom. The predicted molar refractivity (Wildman–Crippen MR) is 86.3 cm³/mol. The van der Waals surface area contributed by atoms with Crippen LogP contribution >= 0.6 is 11.8 Å². The molecule has 0 aliphatic rings. The molecule has 2 aromatic rings. The van der Waals surface area contributed by atoms with Crippen LogP contribution in [0.15, 0.2) is 40.3 Å². The maximum atomic E-state index is 12.1. The lowest BCUT2D eigenvalue weighted by Gasteiger charge is -2.11. The first-order valence-corrected chi connectivity index (χ1v) is 7.72. The maximum Gasteiger partial charge on any atom is 0.251 e. The number of benzene rings is 1. The van der Waals surface area contributed by atoms with Crippen molar-refractivity contribution in [3.05, 3.63) is 46.4 Å². The Labute approximate surface area is 132 Å². The number of H-pyrrole nitrogens is 1. The van der Waals surface area contributed by atoms with Gasteiger partial charge in [-0.3, -0.25) is 9.59 Å². The number of aromatic amines is 1. The van der Waals surface area contributed by atoms with Gasteiger partial charge in [0, 0.05) is 17.4 Å². The molecule has 0 spiro atoms. The summed E-state index contributed by atoms with van der Waals surface area (Å²) in [5.74, 6) is -0.0705. The zero-order valence-electron chi connectivity index (χ0n) is 12.3. The summed E-state index contributed by atoms with van der Waals surface area (Å²) in [6.07, 6.45) is 0.658. The molecule has 0 aliphatic carbocycles. The number of aryl methyl sites for hydroxylation is 1. The van der Waals surface area contributed by atoms with E-state index in [1.807, 2.05) is 6.92 Å². The largest absolute Gasteiger partial charge is 0.508 e. The summed E-state index contributed by atoms with van der Waals surface area (Å²) >= 11 is 1.19. The molecule has 1 aromatic carbocycles. The second-order valence-electron chi connectivity index (χ2n) is 4.69. The lowest BCUT2D eigenvalue weighted by molar-refractivity contribution is -0.115. The number of phenols is 1. The first kappa shape index (κ1) is 16.1. The topological polar surface area (TPSA) is 95.1 Å². The van der Waals surface area contributed by atoms with Gasteiger partial charge in [0.25, 0.3) is 5.56 Å². The fourth-order valence-electron chi connectivity index (χ4n) is 1.73. The molecule has 6 nitrogen and oxygen atoms in total. The van der Waals surface area contributed by atoms with E-state index >= 15 is 0 Å². The van der Waals surface area contributed by atoms with E-state index in [0.717, 1.165) is 0 Å². The fraction of sp³-hybridized carbons (Fsp3) is 0.267. The highest BCUT2D eigenvalue weighted by molar-refractivity contribution is 8.00. The summed E-state index contributed by atoms with van der Waals surface area (Å²) in [5.41, 5.74) is 1.07. The number of phenolic OH excluding ortho intramolecular Hbond substituents is 1. The standard InChI is InChI=1S/C15H17N3O3S/c1-3-10-8-13(20)18-15(17-10)22-9(2)14(21)16-11-4-6-12(19)7-5-11/h4-9,19H,3H2,1-2H3,(H,16,21)(H,17,18,20). The molecule has 0 saturated carbocycles. The maximum absolute atomic E-state index is 12.1. The summed E-state index contributed by atoms with van der Waals surface area (Å²) < 4.78 is 0. The van der Waals surface area contributed by atoms with Gasteiger partial charge in [0.2, 0.25) is 5.91 Å². The third-order valence-electron chi connectivity index (χ3n) is 2.93. The SMILES string of the molecule is CCc1cc(=O)[nH]c(SC(C)C(=O)Nc2ccc(O)cc2)n1. The van der Waals surface area contributed by atoms with Crippen LogP contribution in [0.25, 0.3) is 0 Å². The van der Waals surface area contributed by atoms with Crippen molar-refractivity contribution >= 4 is 23.4 Å². The average molecular weight is 319 g/mol. The number of aromatic hydroxyl groups is 1. The number of rotatable bonds is 5. The molecule has 2 rings (SSSR count). The molecule has 3 N–H and O–H groups in total.